The molecule has 9 nitrogen and oxygen atoms in total. The molecule has 0 fully saturated rings. The molecule has 4 aromatic rings. The summed E-state index contributed by atoms with van der Waals surface area (Å²) in [6.45, 7) is 1.20. The zero-order chi connectivity index (χ0) is 29.3. The number of aromatic nitrogens is 3. The standard InChI is InChI=1S/C27H25ClF3N5O4/c1-14(29)40-16-8-6-15(7-9-16)26(37)33-23-24(22-18(30)12-17(39-5)13-19(22)31)35(4)36(27(23)38)25-20(34(2)3)10-11-21(28)32-25/h6-14H,1-5H3,(H,33,37). The number of alkyl halides is 1. The zero-order valence-electron chi connectivity index (χ0n) is 22.1. The molecule has 1 unspecified atom stereocenters. The lowest BCUT2D eigenvalue weighted by molar-refractivity contribution is 0.0860. The van der Waals surface area contributed by atoms with E-state index in [0.29, 0.717) is 5.69 Å². The summed E-state index contributed by atoms with van der Waals surface area (Å²) in [5.41, 5.74) is -1.56. The molecule has 0 radical (unpaired) electrons. The number of hydrogen-bond donors (Lipinski definition) is 1. The first-order valence-electron chi connectivity index (χ1n) is 11.8. The second-order valence-corrected chi connectivity index (χ2v) is 9.23. The van der Waals surface area contributed by atoms with Gasteiger partial charge in [0, 0.05) is 45.8 Å². The molecule has 13 heteroatoms. The molecule has 2 aromatic heterocycles. The summed E-state index contributed by atoms with van der Waals surface area (Å²) in [6, 6.07) is 10.5. The summed E-state index contributed by atoms with van der Waals surface area (Å²) in [4.78, 5) is 33.0. The topological polar surface area (TPSA) is 90.6 Å². The molecule has 0 aliphatic carbocycles. The van der Waals surface area contributed by atoms with E-state index in [1.165, 1.54) is 56.1 Å². The molecule has 210 valence electrons. The maximum absolute atomic E-state index is 15.3. The van der Waals surface area contributed by atoms with E-state index in [1.54, 1.807) is 25.1 Å². The number of nitrogens with zero attached hydrogens (tertiary/aromatic N) is 4. The van der Waals surface area contributed by atoms with E-state index in [0.717, 1.165) is 16.8 Å². The van der Waals surface area contributed by atoms with Crippen molar-refractivity contribution in [1.29, 1.82) is 0 Å². The fourth-order valence-corrected chi connectivity index (χ4v) is 4.26. The Labute approximate surface area is 232 Å². The van der Waals surface area contributed by atoms with Crippen molar-refractivity contribution in [2.75, 3.05) is 31.4 Å². The Kier molecular flexibility index (Phi) is 8.10. The van der Waals surface area contributed by atoms with Crippen LogP contribution >= 0.6 is 11.6 Å². The van der Waals surface area contributed by atoms with Crippen LogP contribution in [0.25, 0.3) is 17.1 Å². The summed E-state index contributed by atoms with van der Waals surface area (Å²) in [6.07, 6.45) is -1.56. The third-order valence-electron chi connectivity index (χ3n) is 5.91. The number of carbonyl (C=O) groups is 1. The van der Waals surface area contributed by atoms with Crippen LogP contribution in [0.5, 0.6) is 11.5 Å². The van der Waals surface area contributed by atoms with Gasteiger partial charge in [0.25, 0.3) is 11.5 Å². The van der Waals surface area contributed by atoms with Gasteiger partial charge in [0.05, 0.1) is 18.4 Å². The summed E-state index contributed by atoms with van der Waals surface area (Å²) in [5.74, 6) is -2.67. The molecular weight excluding hydrogens is 551 g/mol. The van der Waals surface area contributed by atoms with Gasteiger partial charge in [-0.25, -0.2) is 18.2 Å². The Morgan fingerprint density at radius 2 is 1.70 bits per heavy atom. The number of amides is 1. The number of methoxy groups -OCH3 is 1. The molecule has 40 heavy (non-hydrogen) atoms. The van der Waals surface area contributed by atoms with Crippen molar-refractivity contribution in [2.24, 2.45) is 7.05 Å². The van der Waals surface area contributed by atoms with Crippen molar-refractivity contribution in [3.05, 3.63) is 81.2 Å². The molecule has 1 N–H and O–H groups in total. The highest BCUT2D eigenvalue weighted by Crippen LogP contribution is 2.35. The first kappa shape index (κ1) is 28.6. The van der Waals surface area contributed by atoms with E-state index in [4.69, 9.17) is 21.1 Å². The average Bonchev–Trinajstić information content (AvgIpc) is 3.12. The second kappa shape index (κ2) is 11.3. The highest BCUT2D eigenvalue weighted by atomic mass is 35.5. The fraction of sp³-hybridized carbons (Fsp3) is 0.222. The lowest BCUT2D eigenvalue weighted by Crippen LogP contribution is -2.26. The number of hydrogen-bond acceptors (Lipinski definition) is 6. The molecule has 0 saturated carbocycles. The van der Waals surface area contributed by atoms with Crippen molar-refractivity contribution in [3.63, 3.8) is 0 Å². The van der Waals surface area contributed by atoms with Crippen LogP contribution in [0.2, 0.25) is 5.15 Å². The highest BCUT2D eigenvalue weighted by molar-refractivity contribution is 6.29. The van der Waals surface area contributed by atoms with Gasteiger partial charge in [-0.3, -0.25) is 14.3 Å². The van der Waals surface area contributed by atoms with Gasteiger partial charge in [-0.1, -0.05) is 11.6 Å². The molecule has 2 aromatic carbocycles. The summed E-state index contributed by atoms with van der Waals surface area (Å²) >= 11 is 6.14. The van der Waals surface area contributed by atoms with Crippen LogP contribution in [0, 0.1) is 11.6 Å². The van der Waals surface area contributed by atoms with Crippen LogP contribution in [-0.2, 0) is 7.05 Å². The number of ether oxygens (including phenoxy) is 2. The summed E-state index contributed by atoms with van der Waals surface area (Å²) in [7, 11) is 6.07. The van der Waals surface area contributed by atoms with Gasteiger partial charge >= 0.3 is 0 Å². The van der Waals surface area contributed by atoms with Gasteiger partial charge in [-0.15, -0.1) is 0 Å². The normalized spacial score (nSPS) is 11.7. The summed E-state index contributed by atoms with van der Waals surface area (Å²) in [5, 5.41) is 2.55. The van der Waals surface area contributed by atoms with Crippen LogP contribution in [0.15, 0.2) is 53.3 Å². The molecule has 0 bridgehead atoms. The molecule has 2 heterocycles. The molecule has 0 aliphatic heterocycles. The van der Waals surface area contributed by atoms with E-state index in [9.17, 15) is 14.0 Å². The van der Waals surface area contributed by atoms with Gasteiger partial charge in [0.15, 0.2) is 5.82 Å². The van der Waals surface area contributed by atoms with Gasteiger partial charge in [0.1, 0.15) is 39.7 Å². The molecule has 1 amide bonds. The van der Waals surface area contributed by atoms with Gasteiger partial charge in [-0.2, -0.15) is 4.68 Å². The predicted octanol–water partition coefficient (Wildman–Crippen LogP) is 5.19. The Balaban J connectivity index is 1.94. The first-order valence-corrected chi connectivity index (χ1v) is 12.2. The lowest BCUT2D eigenvalue weighted by Gasteiger charge is -2.18. The smallest absolute Gasteiger partial charge is 0.297 e. The molecule has 0 saturated heterocycles. The number of carbonyl (C=O) groups excluding carboxylic acids is 1. The summed E-state index contributed by atoms with van der Waals surface area (Å²) < 4.78 is 55.9. The zero-order valence-corrected chi connectivity index (χ0v) is 22.9. The van der Waals surface area contributed by atoms with Crippen LogP contribution in [0.3, 0.4) is 0 Å². The number of anilines is 2. The lowest BCUT2D eigenvalue weighted by atomic mass is 10.1. The van der Waals surface area contributed by atoms with Gasteiger partial charge < -0.3 is 19.7 Å². The SMILES string of the molecule is COc1cc(F)c(-c2c(NC(=O)c3ccc(OC(C)F)cc3)c(=O)n(-c3nc(Cl)ccc3N(C)C)n2C)c(F)c1. The molecule has 4 rings (SSSR count). The monoisotopic (exact) mass is 575 g/mol. The Morgan fingerprint density at radius 1 is 1.07 bits per heavy atom. The predicted molar refractivity (Wildman–Crippen MR) is 146 cm³/mol. The number of rotatable bonds is 8. The van der Waals surface area contributed by atoms with Gasteiger partial charge in [0.2, 0.25) is 6.36 Å². The van der Waals surface area contributed by atoms with E-state index >= 15 is 8.78 Å². The Bertz CT molecular complexity index is 1610. The van der Waals surface area contributed by atoms with Crippen LogP contribution in [0.4, 0.5) is 24.5 Å². The first-order chi connectivity index (χ1) is 18.9. The largest absolute Gasteiger partial charge is 0.497 e. The third kappa shape index (κ3) is 5.48. The van der Waals surface area contributed by atoms with Crippen molar-refractivity contribution in [2.45, 2.75) is 13.3 Å². The minimum absolute atomic E-state index is 0.0583. The third-order valence-corrected chi connectivity index (χ3v) is 6.12. The quantitative estimate of drug-likeness (QED) is 0.291. The van der Waals surface area contributed by atoms with E-state index in [-0.39, 0.29) is 33.7 Å². The van der Waals surface area contributed by atoms with Crippen LogP contribution < -0.4 is 25.2 Å². The number of halogens is 4. The Hall–Kier alpha value is -4.45. The maximum atomic E-state index is 15.3. The van der Waals surface area contributed by atoms with E-state index in [2.05, 4.69) is 10.3 Å². The molecular formula is C27H25ClF3N5O4. The fourth-order valence-electron chi connectivity index (χ4n) is 4.12. The van der Waals surface area contributed by atoms with Crippen molar-refractivity contribution in [1.82, 2.24) is 14.3 Å². The molecule has 0 spiro atoms. The number of pyridine rings is 1. The number of benzene rings is 2. The van der Waals surface area contributed by atoms with Crippen LogP contribution in [0.1, 0.15) is 17.3 Å². The molecule has 1 atom stereocenters. The number of nitrogens with one attached hydrogen (secondary N) is 1. The van der Waals surface area contributed by atoms with Crippen molar-refractivity contribution >= 4 is 28.9 Å². The minimum atomic E-state index is -1.56. The molecule has 0 aliphatic rings. The van der Waals surface area contributed by atoms with Crippen molar-refractivity contribution in [3.8, 4) is 28.6 Å². The van der Waals surface area contributed by atoms with Crippen LogP contribution in [-0.4, -0.2) is 47.8 Å². The highest BCUT2D eigenvalue weighted by Gasteiger charge is 2.29. The average molecular weight is 576 g/mol. The van der Waals surface area contributed by atoms with Gasteiger partial charge in [-0.05, 0) is 36.4 Å². The van der Waals surface area contributed by atoms with E-state index in [1.807, 2.05) is 0 Å². The van der Waals surface area contributed by atoms with Crippen molar-refractivity contribution < 1.29 is 27.4 Å². The van der Waals surface area contributed by atoms with E-state index < -0.39 is 40.7 Å². The Morgan fingerprint density at radius 3 is 2.25 bits per heavy atom. The second-order valence-electron chi connectivity index (χ2n) is 8.84. The maximum Gasteiger partial charge on any atom is 0.297 e. The minimum Gasteiger partial charge on any atom is -0.497 e.